The van der Waals surface area contributed by atoms with Gasteiger partial charge < -0.3 is 4.57 Å². The van der Waals surface area contributed by atoms with E-state index < -0.39 is 0 Å². The zero-order valence-electron chi connectivity index (χ0n) is 11.6. The molecule has 1 heterocycles. The summed E-state index contributed by atoms with van der Waals surface area (Å²) >= 11 is 0. The second kappa shape index (κ2) is 5.22. The SMILES string of the molecule is C=C/C=C\C=C/c1ccc2c3ccccc3n(C)c2c1. The highest BCUT2D eigenvalue weighted by Gasteiger charge is 2.06. The van der Waals surface area contributed by atoms with Gasteiger partial charge in [-0.2, -0.15) is 0 Å². The average molecular weight is 259 g/mol. The summed E-state index contributed by atoms with van der Waals surface area (Å²) in [5.74, 6) is 0. The van der Waals surface area contributed by atoms with Gasteiger partial charge in [-0.05, 0) is 17.7 Å². The first-order valence-electron chi connectivity index (χ1n) is 6.74. The van der Waals surface area contributed by atoms with E-state index in [0.29, 0.717) is 0 Å². The summed E-state index contributed by atoms with van der Waals surface area (Å²) < 4.78 is 2.25. The van der Waals surface area contributed by atoms with Gasteiger partial charge in [-0.15, -0.1) is 0 Å². The molecule has 98 valence electrons. The normalized spacial score (nSPS) is 12.1. The smallest absolute Gasteiger partial charge is 0.0494 e. The number of para-hydroxylation sites is 1. The molecule has 0 atom stereocenters. The summed E-state index contributed by atoms with van der Waals surface area (Å²) in [6.45, 7) is 3.66. The molecule has 0 radical (unpaired) electrons. The van der Waals surface area contributed by atoms with Crippen molar-refractivity contribution in [2.24, 2.45) is 7.05 Å². The minimum Gasteiger partial charge on any atom is -0.344 e. The number of aromatic nitrogens is 1. The number of allylic oxidation sites excluding steroid dienone is 4. The fraction of sp³-hybridized carbons (Fsp3) is 0.0526. The topological polar surface area (TPSA) is 4.93 Å². The molecular weight excluding hydrogens is 242 g/mol. The fourth-order valence-corrected chi connectivity index (χ4v) is 2.59. The summed E-state index contributed by atoms with van der Waals surface area (Å²) in [6, 6.07) is 15.1. The van der Waals surface area contributed by atoms with Gasteiger partial charge in [0, 0.05) is 28.9 Å². The number of aryl methyl sites for hydroxylation is 1. The van der Waals surface area contributed by atoms with Gasteiger partial charge in [0.15, 0.2) is 0 Å². The number of hydrogen-bond donors (Lipinski definition) is 0. The van der Waals surface area contributed by atoms with Crippen LogP contribution in [0.25, 0.3) is 27.9 Å². The average Bonchev–Trinajstić information content (AvgIpc) is 2.77. The maximum Gasteiger partial charge on any atom is 0.0494 e. The zero-order valence-corrected chi connectivity index (χ0v) is 11.6. The summed E-state index contributed by atoms with van der Waals surface area (Å²) in [4.78, 5) is 0. The summed E-state index contributed by atoms with van der Waals surface area (Å²) in [5, 5.41) is 2.62. The lowest BCUT2D eigenvalue weighted by Gasteiger charge is -1.99. The van der Waals surface area contributed by atoms with E-state index >= 15 is 0 Å². The Morgan fingerprint density at radius 3 is 2.55 bits per heavy atom. The highest BCUT2D eigenvalue weighted by Crippen LogP contribution is 2.28. The van der Waals surface area contributed by atoms with E-state index in [0.717, 1.165) is 0 Å². The predicted octanol–water partition coefficient (Wildman–Crippen LogP) is 5.09. The third kappa shape index (κ3) is 2.08. The van der Waals surface area contributed by atoms with Crippen molar-refractivity contribution in [1.82, 2.24) is 4.57 Å². The quantitative estimate of drug-likeness (QED) is 0.577. The Labute approximate surface area is 119 Å². The lowest BCUT2D eigenvalue weighted by Crippen LogP contribution is -1.86. The van der Waals surface area contributed by atoms with E-state index in [2.05, 4.69) is 66.7 Å². The molecule has 0 aliphatic rings. The molecule has 1 heteroatoms. The Morgan fingerprint density at radius 2 is 1.70 bits per heavy atom. The minimum absolute atomic E-state index is 1.21. The number of hydrogen-bond acceptors (Lipinski definition) is 0. The van der Waals surface area contributed by atoms with E-state index in [1.807, 2.05) is 18.2 Å². The molecule has 0 aliphatic heterocycles. The first-order chi connectivity index (χ1) is 9.81. The van der Waals surface area contributed by atoms with Crippen molar-refractivity contribution in [3.63, 3.8) is 0 Å². The molecule has 0 fully saturated rings. The third-order valence-corrected chi connectivity index (χ3v) is 3.59. The minimum atomic E-state index is 1.21. The molecule has 2 aromatic carbocycles. The Hall–Kier alpha value is -2.54. The van der Waals surface area contributed by atoms with Crippen LogP contribution in [0.1, 0.15) is 5.56 Å². The molecule has 20 heavy (non-hydrogen) atoms. The third-order valence-electron chi connectivity index (χ3n) is 3.59. The molecular formula is C19H17N. The lowest BCUT2D eigenvalue weighted by atomic mass is 10.1. The van der Waals surface area contributed by atoms with Crippen molar-refractivity contribution < 1.29 is 0 Å². The van der Waals surface area contributed by atoms with Crippen LogP contribution in [0.2, 0.25) is 0 Å². The number of rotatable bonds is 3. The molecule has 1 nitrogen and oxygen atoms in total. The number of fused-ring (bicyclic) bond motifs is 3. The maximum atomic E-state index is 3.66. The summed E-state index contributed by atoms with van der Waals surface area (Å²) in [7, 11) is 2.12. The first-order valence-corrected chi connectivity index (χ1v) is 6.74. The summed E-state index contributed by atoms with van der Waals surface area (Å²) in [6.07, 6.45) is 9.82. The van der Waals surface area contributed by atoms with Crippen LogP contribution < -0.4 is 0 Å². The Kier molecular flexibility index (Phi) is 3.26. The van der Waals surface area contributed by atoms with Crippen molar-refractivity contribution in [3.05, 3.63) is 78.9 Å². The van der Waals surface area contributed by atoms with Crippen molar-refractivity contribution >= 4 is 27.9 Å². The highest BCUT2D eigenvalue weighted by atomic mass is 14.9. The van der Waals surface area contributed by atoms with Gasteiger partial charge in [-0.3, -0.25) is 0 Å². The van der Waals surface area contributed by atoms with Crippen molar-refractivity contribution in [3.8, 4) is 0 Å². The Bertz CT molecular complexity index is 831. The predicted molar refractivity (Wildman–Crippen MR) is 88.8 cm³/mol. The molecule has 0 saturated carbocycles. The van der Waals surface area contributed by atoms with Gasteiger partial charge in [0.25, 0.3) is 0 Å². The largest absolute Gasteiger partial charge is 0.344 e. The van der Waals surface area contributed by atoms with Crippen molar-refractivity contribution in [2.45, 2.75) is 0 Å². The molecule has 0 saturated heterocycles. The van der Waals surface area contributed by atoms with Crippen LogP contribution >= 0.6 is 0 Å². The number of benzene rings is 2. The fourth-order valence-electron chi connectivity index (χ4n) is 2.59. The van der Waals surface area contributed by atoms with Gasteiger partial charge in [0.1, 0.15) is 0 Å². The first kappa shape index (κ1) is 12.5. The molecule has 3 aromatic rings. The molecule has 0 bridgehead atoms. The van der Waals surface area contributed by atoms with Crippen LogP contribution in [0.5, 0.6) is 0 Å². The molecule has 0 unspecified atom stereocenters. The molecule has 1 aromatic heterocycles. The van der Waals surface area contributed by atoms with Crippen LogP contribution in [-0.4, -0.2) is 4.57 Å². The van der Waals surface area contributed by atoms with Crippen LogP contribution in [0.4, 0.5) is 0 Å². The van der Waals surface area contributed by atoms with Gasteiger partial charge in [0.2, 0.25) is 0 Å². The van der Waals surface area contributed by atoms with Crippen molar-refractivity contribution in [1.29, 1.82) is 0 Å². The molecule has 0 N–H and O–H groups in total. The van der Waals surface area contributed by atoms with Crippen LogP contribution in [-0.2, 0) is 7.05 Å². The molecule has 0 spiro atoms. The van der Waals surface area contributed by atoms with E-state index in [9.17, 15) is 0 Å². The second-order valence-electron chi connectivity index (χ2n) is 4.83. The van der Waals surface area contributed by atoms with E-state index in [-0.39, 0.29) is 0 Å². The van der Waals surface area contributed by atoms with Gasteiger partial charge >= 0.3 is 0 Å². The van der Waals surface area contributed by atoms with Gasteiger partial charge in [-0.25, -0.2) is 0 Å². The van der Waals surface area contributed by atoms with Crippen LogP contribution in [0.15, 0.2) is 73.3 Å². The molecule has 0 aliphatic carbocycles. The zero-order chi connectivity index (χ0) is 13.9. The lowest BCUT2D eigenvalue weighted by molar-refractivity contribution is 1.01. The second-order valence-corrected chi connectivity index (χ2v) is 4.83. The van der Waals surface area contributed by atoms with E-state index in [4.69, 9.17) is 0 Å². The van der Waals surface area contributed by atoms with E-state index in [1.165, 1.54) is 27.4 Å². The Balaban J connectivity index is 2.14. The van der Waals surface area contributed by atoms with Crippen molar-refractivity contribution in [2.75, 3.05) is 0 Å². The maximum absolute atomic E-state index is 3.66. The van der Waals surface area contributed by atoms with Gasteiger partial charge in [0.05, 0.1) is 0 Å². The molecule has 3 rings (SSSR count). The highest BCUT2D eigenvalue weighted by molar-refractivity contribution is 6.08. The monoisotopic (exact) mass is 259 g/mol. The van der Waals surface area contributed by atoms with Crippen LogP contribution in [0.3, 0.4) is 0 Å². The summed E-state index contributed by atoms with van der Waals surface area (Å²) in [5.41, 5.74) is 3.74. The van der Waals surface area contributed by atoms with Crippen LogP contribution in [0, 0.1) is 0 Å². The van der Waals surface area contributed by atoms with E-state index in [1.54, 1.807) is 6.08 Å². The molecule has 0 amide bonds. The number of nitrogens with zero attached hydrogens (tertiary/aromatic N) is 1. The standard InChI is InChI=1S/C19H17N/c1-3-4-5-6-9-15-12-13-17-16-10-7-8-11-18(16)20(2)19(17)14-15/h3-14H,1H2,2H3/b5-4-,9-6-. The Morgan fingerprint density at radius 1 is 0.900 bits per heavy atom. The van der Waals surface area contributed by atoms with Gasteiger partial charge in [-0.1, -0.05) is 67.3 Å².